The number of aromatic nitrogens is 4. The molecule has 2 aromatic heterocycles. The summed E-state index contributed by atoms with van der Waals surface area (Å²) in [6.45, 7) is 1.84. The van der Waals surface area contributed by atoms with E-state index in [9.17, 15) is 4.79 Å². The van der Waals surface area contributed by atoms with Crippen LogP contribution >= 0.6 is 0 Å². The molecule has 0 aliphatic rings. The Labute approximate surface area is 167 Å². The van der Waals surface area contributed by atoms with Gasteiger partial charge >= 0.3 is 0 Å². The van der Waals surface area contributed by atoms with Gasteiger partial charge in [-0.2, -0.15) is 9.61 Å². The summed E-state index contributed by atoms with van der Waals surface area (Å²) in [4.78, 5) is 12.7. The average Bonchev–Trinajstić information content (AvgIpc) is 3.13. The van der Waals surface area contributed by atoms with Crippen LogP contribution in [0.3, 0.4) is 0 Å². The van der Waals surface area contributed by atoms with Crippen molar-refractivity contribution >= 4 is 17.2 Å². The highest BCUT2D eigenvalue weighted by Gasteiger charge is 2.12. The molecule has 0 aliphatic carbocycles. The summed E-state index contributed by atoms with van der Waals surface area (Å²) < 4.78 is 12.2. The average molecular weight is 389 g/mol. The first-order chi connectivity index (χ1) is 14.1. The van der Waals surface area contributed by atoms with Crippen molar-refractivity contribution in [2.45, 2.75) is 6.92 Å². The van der Waals surface area contributed by atoms with Crippen LogP contribution in [0.4, 0.5) is 5.69 Å². The molecule has 146 valence electrons. The monoisotopic (exact) mass is 389 g/mol. The van der Waals surface area contributed by atoms with Gasteiger partial charge in [0.05, 0.1) is 19.9 Å². The number of hydrogen-bond donors (Lipinski definition) is 1. The van der Waals surface area contributed by atoms with Crippen molar-refractivity contribution in [3.63, 3.8) is 0 Å². The Bertz CT molecular complexity index is 1200. The van der Waals surface area contributed by atoms with Crippen molar-refractivity contribution in [1.29, 1.82) is 0 Å². The second kappa shape index (κ2) is 7.59. The van der Waals surface area contributed by atoms with E-state index in [2.05, 4.69) is 20.6 Å². The van der Waals surface area contributed by atoms with Crippen molar-refractivity contribution in [2.24, 2.45) is 0 Å². The molecular weight excluding hydrogens is 370 g/mol. The summed E-state index contributed by atoms with van der Waals surface area (Å²) in [5.74, 6) is 1.52. The number of amides is 1. The molecule has 0 aliphatic heterocycles. The molecule has 8 heteroatoms. The van der Waals surface area contributed by atoms with Gasteiger partial charge in [-0.05, 0) is 49.4 Å². The Kier molecular flexibility index (Phi) is 4.82. The quantitative estimate of drug-likeness (QED) is 0.563. The van der Waals surface area contributed by atoms with Crippen molar-refractivity contribution in [3.8, 4) is 22.8 Å². The molecule has 4 rings (SSSR count). The Morgan fingerprint density at radius 3 is 2.59 bits per heavy atom. The molecule has 2 heterocycles. The third-order valence-electron chi connectivity index (χ3n) is 4.48. The fraction of sp³-hybridized carbons (Fsp3) is 0.143. The minimum atomic E-state index is -0.249. The fourth-order valence-corrected chi connectivity index (χ4v) is 2.99. The molecule has 2 aromatic carbocycles. The molecule has 0 radical (unpaired) electrons. The van der Waals surface area contributed by atoms with Crippen LogP contribution in [0.15, 0.2) is 54.6 Å². The molecule has 1 N–H and O–H groups in total. The predicted molar refractivity (Wildman–Crippen MR) is 108 cm³/mol. The summed E-state index contributed by atoms with van der Waals surface area (Å²) in [5, 5.41) is 15.5. The molecule has 0 fully saturated rings. The molecular formula is C21H19N5O3. The van der Waals surface area contributed by atoms with E-state index in [4.69, 9.17) is 9.47 Å². The van der Waals surface area contributed by atoms with Crippen LogP contribution in [-0.2, 0) is 0 Å². The van der Waals surface area contributed by atoms with E-state index < -0.39 is 0 Å². The Balaban J connectivity index is 1.60. The molecule has 0 saturated carbocycles. The molecule has 0 spiro atoms. The predicted octanol–water partition coefficient (Wildman–Crippen LogP) is 3.37. The number of carbonyl (C=O) groups excluding carboxylic acids is 1. The smallest absolute Gasteiger partial charge is 0.255 e. The van der Waals surface area contributed by atoms with Crippen LogP contribution in [0.2, 0.25) is 0 Å². The number of nitrogens with zero attached hydrogens (tertiary/aromatic N) is 4. The molecule has 0 saturated heterocycles. The Morgan fingerprint density at radius 1 is 0.966 bits per heavy atom. The van der Waals surface area contributed by atoms with Gasteiger partial charge in [-0.15, -0.1) is 10.2 Å². The lowest BCUT2D eigenvalue weighted by Crippen LogP contribution is -2.12. The van der Waals surface area contributed by atoms with Crippen LogP contribution in [0, 0.1) is 6.92 Å². The number of methoxy groups -OCH3 is 2. The van der Waals surface area contributed by atoms with Crippen LogP contribution in [0.5, 0.6) is 11.5 Å². The van der Waals surface area contributed by atoms with E-state index in [0.717, 1.165) is 11.3 Å². The van der Waals surface area contributed by atoms with Crippen molar-refractivity contribution in [1.82, 2.24) is 19.8 Å². The van der Waals surface area contributed by atoms with Crippen LogP contribution in [0.25, 0.3) is 16.9 Å². The molecule has 0 bridgehead atoms. The third-order valence-corrected chi connectivity index (χ3v) is 4.48. The molecule has 0 atom stereocenters. The van der Waals surface area contributed by atoms with E-state index in [1.54, 1.807) is 29.8 Å². The van der Waals surface area contributed by atoms with Gasteiger partial charge in [-0.25, -0.2) is 0 Å². The number of anilines is 1. The van der Waals surface area contributed by atoms with Gasteiger partial charge in [-0.3, -0.25) is 4.79 Å². The Hall–Kier alpha value is -3.94. The van der Waals surface area contributed by atoms with Gasteiger partial charge in [0.1, 0.15) is 0 Å². The highest BCUT2D eigenvalue weighted by molar-refractivity contribution is 6.04. The number of ether oxygens (including phenoxy) is 2. The Morgan fingerprint density at radius 2 is 1.79 bits per heavy atom. The summed E-state index contributed by atoms with van der Waals surface area (Å²) in [6, 6.07) is 16.2. The SMILES string of the molecule is COc1ccc(C(=O)Nc2cccc(-c3ccc4nnc(C)n4n3)c2)cc1OC. The molecule has 4 aromatic rings. The lowest BCUT2D eigenvalue weighted by Gasteiger charge is -2.11. The zero-order valence-electron chi connectivity index (χ0n) is 16.2. The lowest BCUT2D eigenvalue weighted by atomic mass is 10.1. The number of carbonyl (C=O) groups is 1. The molecule has 0 unspecified atom stereocenters. The summed E-state index contributed by atoms with van der Waals surface area (Å²) in [7, 11) is 3.08. The van der Waals surface area contributed by atoms with Crippen molar-refractivity contribution in [2.75, 3.05) is 19.5 Å². The van der Waals surface area contributed by atoms with E-state index in [1.807, 2.05) is 43.3 Å². The first-order valence-corrected chi connectivity index (χ1v) is 8.92. The van der Waals surface area contributed by atoms with Gasteiger partial charge in [0, 0.05) is 16.8 Å². The minimum Gasteiger partial charge on any atom is -0.493 e. The van der Waals surface area contributed by atoms with E-state index in [0.29, 0.717) is 34.2 Å². The van der Waals surface area contributed by atoms with Crippen LogP contribution < -0.4 is 14.8 Å². The summed E-state index contributed by atoms with van der Waals surface area (Å²) >= 11 is 0. The number of nitrogens with one attached hydrogen (secondary N) is 1. The van der Waals surface area contributed by atoms with Crippen molar-refractivity contribution < 1.29 is 14.3 Å². The summed E-state index contributed by atoms with van der Waals surface area (Å²) in [5.41, 5.74) is 3.43. The third kappa shape index (κ3) is 3.60. The largest absolute Gasteiger partial charge is 0.493 e. The van der Waals surface area contributed by atoms with E-state index >= 15 is 0 Å². The maximum atomic E-state index is 12.7. The van der Waals surface area contributed by atoms with E-state index in [-0.39, 0.29) is 5.91 Å². The maximum absolute atomic E-state index is 12.7. The van der Waals surface area contributed by atoms with Crippen LogP contribution in [-0.4, -0.2) is 39.9 Å². The second-order valence-electron chi connectivity index (χ2n) is 6.34. The number of aryl methyl sites for hydroxylation is 1. The second-order valence-corrected chi connectivity index (χ2v) is 6.34. The lowest BCUT2D eigenvalue weighted by molar-refractivity contribution is 0.102. The first-order valence-electron chi connectivity index (χ1n) is 8.92. The van der Waals surface area contributed by atoms with Gasteiger partial charge in [0.15, 0.2) is 23.0 Å². The fourth-order valence-electron chi connectivity index (χ4n) is 2.99. The minimum absolute atomic E-state index is 0.249. The van der Waals surface area contributed by atoms with Gasteiger partial charge in [0.25, 0.3) is 5.91 Å². The molecule has 29 heavy (non-hydrogen) atoms. The zero-order chi connectivity index (χ0) is 20.4. The summed E-state index contributed by atoms with van der Waals surface area (Å²) in [6.07, 6.45) is 0. The topological polar surface area (TPSA) is 90.6 Å². The maximum Gasteiger partial charge on any atom is 0.255 e. The first kappa shape index (κ1) is 18.4. The van der Waals surface area contributed by atoms with Gasteiger partial charge < -0.3 is 14.8 Å². The van der Waals surface area contributed by atoms with Crippen LogP contribution in [0.1, 0.15) is 16.2 Å². The number of hydrogen-bond acceptors (Lipinski definition) is 6. The van der Waals surface area contributed by atoms with Gasteiger partial charge in [-0.1, -0.05) is 12.1 Å². The van der Waals surface area contributed by atoms with Crippen molar-refractivity contribution in [3.05, 3.63) is 66.0 Å². The van der Waals surface area contributed by atoms with E-state index in [1.165, 1.54) is 7.11 Å². The highest BCUT2D eigenvalue weighted by Crippen LogP contribution is 2.28. The zero-order valence-corrected chi connectivity index (χ0v) is 16.2. The standard InChI is InChI=1S/C21H19N5O3/c1-13-23-24-20-10-8-17(25-26(13)20)14-5-4-6-16(11-14)22-21(27)15-7-9-18(28-2)19(12-15)29-3/h4-12H,1-3H3,(H,22,27). The number of benzene rings is 2. The highest BCUT2D eigenvalue weighted by atomic mass is 16.5. The number of fused-ring (bicyclic) bond motifs is 1. The normalized spacial score (nSPS) is 10.7. The molecule has 1 amide bonds. The van der Waals surface area contributed by atoms with Gasteiger partial charge in [0.2, 0.25) is 0 Å². The number of rotatable bonds is 5. The molecule has 8 nitrogen and oxygen atoms in total.